The van der Waals surface area contributed by atoms with Crippen LogP contribution >= 0.6 is 0 Å². The van der Waals surface area contributed by atoms with Gasteiger partial charge in [0.05, 0.1) is 12.5 Å². The number of aromatic nitrogens is 2. The van der Waals surface area contributed by atoms with Crippen LogP contribution < -0.4 is 10.5 Å². The number of aryl methyl sites for hydroxylation is 1. The van der Waals surface area contributed by atoms with Crippen LogP contribution in [0.3, 0.4) is 0 Å². The van der Waals surface area contributed by atoms with Crippen molar-refractivity contribution in [3.8, 4) is 11.1 Å². The zero-order valence-corrected chi connectivity index (χ0v) is 11.6. The van der Waals surface area contributed by atoms with Crippen LogP contribution in [0, 0.1) is 0 Å². The first kappa shape index (κ1) is 13.6. The highest BCUT2D eigenvalue weighted by Crippen LogP contribution is 2.27. The van der Waals surface area contributed by atoms with Gasteiger partial charge >= 0.3 is 0 Å². The molecule has 0 aliphatic rings. The van der Waals surface area contributed by atoms with Crippen LogP contribution in [0.25, 0.3) is 11.1 Å². The Labute approximate surface area is 112 Å². The summed E-state index contributed by atoms with van der Waals surface area (Å²) in [5.74, 6) is 0. The Balaban J connectivity index is 2.41. The highest BCUT2D eigenvalue weighted by Gasteiger charge is 2.11. The summed E-state index contributed by atoms with van der Waals surface area (Å²) in [4.78, 5) is 0. The van der Waals surface area contributed by atoms with E-state index in [1.807, 2.05) is 25.4 Å². The molecule has 0 saturated carbocycles. The summed E-state index contributed by atoms with van der Waals surface area (Å²) >= 11 is 0. The van der Waals surface area contributed by atoms with Crippen LogP contribution in [0.1, 0.15) is 5.56 Å². The molecule has 0 saturated heterocycles. The number of benzene rings is 1. The molecule has 0 radical (unpaired) electrons. The molecule has 0 fully saturated rings. The average Bonchev–Trinajstić information content (AvgIpc) is 2.72. The van der Waals surface area contributed by atoms with Crippen LogP contribution in [0.2, 0.25) is 0 Å². The van der Waals surface area contributed by atoms with Crippen molar-refractivity contribution in [1.82, 2.24) is 14.5 Å². The molecular formula is C12H16N4O2S. The fourth-order valence-electron chi connectivity index (χ4n) is 1.84. The molecule has 0 atom stereocenters. The van der Waals surface area contributed by atoms with Crippen molar-refractivity contribution in [2.75, 3.05) is 12.0 Å². The second-order valence-corrected chi connectivity index (χ2v) is 6.20. The van der Waals surface area contributed by atoms with Crippen LogP contribution in [-0.2, 0) is 23.6 Å². The standard InChI is InChI=1S/C12H16N4O2S/c1-16-8-9(6-14-16)10-4-3-5-12(13)11(10)7-15-19(2,17)18/h3-6,8,15H,7,13H2,1-2H3. The minimum atomic E-state index is -3.26. The Kier molecular flexibility index (Phi) is 3.59. The van der Waals surface area contributed by atoms with Gasteiger partial charge in [0.15, 0.2) is 0 Å². The summed E-state index contributed by atoms with van der Waals surface area (Å²) in [6.07, 6.45) is 4.70. The molecule has 0 aliphatic carbocycles. The molecule has 7 heteroatoms. The van der Waals surface area contributed by atoms with Crippen molar-refractivity contribution in [3.63, 3.8) is 0 Å². The Bertz CT molecular complexity index is 692. The molecule has 1 heterocycles. The first-order chi connectivity index (χ1) is 8.87. The van der Waals surface area contributed by atoms with Gasteiger partial charge in [-0.2, -0.15) is 5.10 Å². The van der Waals surface area contributed by atoms with E-state index in [2.05, 4.69) is 9.82 Å². The smallest absolute Gasteiger partial charge is 0.209 e. The van der Waals surface area contributed by atoms with Gasteiger partial charge < -0.3 is 5.73 Å². The van der Waals surface area contributed by atoms with Gasteiger partial charge in [0.1, 0.15) is 0 Å². The number of nitrogens with two attached hydrogens (primary N) is 1. The lowest BCUT2D eigenvalue weighted by molar-refractivity contribution is 0.588. The Morgan fingerprint density at radius 1 is 1.42 bits per heavy atom. The van der Waals surface area contributed by atoms with E-state index in [0.717, 1.165) is 22.9 Å². The molecule has 2 rings (SSSR count). The highest BCUT2D eigenvalue weighted by molar-refractivity contribution is 7.88. The Hall–Kier alpha value is -1.86. The second-order valence-electron chi connectivity index (χ2n) is 4.37. The number of hydrogen-bond acceptors (Lipinski definition) is 4. The van der Waals surface area contributed by atoms with Gasteiger partial charge in [-0.3, -0.25) is 4.68 Å². The third-order valence-corrected chi connectivity index (χ3v) is 3.41. The molecule has 3 N–H and O–H groups in total. The van der Waals surface area contributed by atoms with E-state index in [-0.39, 0.29) is 6.54 Å². The number of rotatable bonds is 4. The van der Waals surface area contributed by atoms with E-state index in [9.17, 15) is 8.42 Å². The zero-order valence-electron chi connectivity index (χ0n) is 10.8. The van der Waals surface area contributed by atoms with E-state index in [1.54, 1.807) is 16.9 Å². The number of nitrogen functional groups attached to an aromatic ring is 1. The third kappa shape index (κ3) is 3.33. The van der Waals surface area contributed by atoms with Crippen LogP contribution in [0.15, 0.2) is 30.6 Å². The molecule has 1 aromatic heterocycles. The predicted molar refractivity (Wildman–Crippen MR) is 74.7 cm³/mol. The summed E-state index contributed by atoms with van der Waals surface area (Å²) in [6.45, 7) is 0.162. The average molecular weight is 280 g/mol. The number of hydrogen-bond donors (Lipinski definition) is 2. The minimum absolute atomic E-state index is 0.162. The fraction of sp³-hybridized carbons (Fsp3) is 0.250. The van der Waals surface area contributed by atoms with Crippen molar-refractivity contribution in [2.45, 2.75) is 6.54 Å². The van der Waals surface area contributed by atoms with E-state index in [4.69, 9.17) is 5.73 Å². The number of sulfonamides is 1. The van der Waals surface area contributed by atoms with Gasteiger partial charge in [0, 0.05) is 31.0 Å². The molecular weight excluding hydrogens is 264 g/mol. The Morgan fingerprint density at radius 3 is 2.74 bits per heavy atom. The van der Waals surface area contributed by atoms with Crippen molar-refractivity contribution in [1.29, 1.82) is 0 Å². The maximum atomic E-state index is 11.2. The Morgan fingerprint density at radius 2 is 2.16 bits per heavy atom. The molecule has 1 aromatic carbocycles. The number of nitrogens with zero attached hydrogens (tertiary/aromatic N) is 2. The van der Waals surface area contributed by atoms with Gasteiger partial charge in [-0.25, -0.2) is 13.1 Å². The van der Waals surface area contributed by atoms with Gasteiger partial charge in [0.25, 0.3) is 0 Å². The van der Waals surface area contributed by atoms with Gasteiger partial charge in [-0.05, 0) is 17.2 Å². The summed E-state index contributed by atoms with van der Waals surface area (Å²) in [6, 6.07) is 5.48. The summed E-state index contributed by atoms with van der Waals surface area (Å²) in [7, 11) is -1.44. The number of nitrogens with one attached hydrogen (secondary N) is 1. The number of anilines is 1. The van der Waals surface area contributed by atoms with Crippen molar-refractivity contribution < 1.29 is 8.42 Å². The maximum Gasteiger partial charge on any atom is 0.209 e. The summed E-state index contributed by atoms with van der Waals surface area (Å²) < 4.78 is 26.5. The van der Waals surface area contributed by atoms with Crippen LogP contribution in [0.4, 0.5) is 5.69 Å². The minimum Gasteiger partial charge on any atom is -0.398 e. The normalized spacial score (nSPS) is 11.7. The topological polar surface area (TPSA) is 90.0 Å². The van der Waals surface area contributed by atoms with E-state index in [1.165, 1.54) is 0 Å². The first-order valence-corrected chi connectivity index (χ1v) is 7.57. The van der Waals surface area contributed by atoms with E-state index >= 15 is 0 Å². The molecule has 0 bridgehead atoms. The second kappa shape index (κ2) is 5.02. The molecule has 2 aromatic rings. The molecule has 0 aliphatic heterocycles. The quantitative estimate of drug-likeness (QED) is 0.807. The van der Waals surface area contributed by atoms with Gasteiger partial charge in [-0.1, -0.05) is 12.1 Å². The summed E-state index contributed by atoms with van der Waals surface area (Å²) in [5, 5.41) is 4.11. The predicted octanol–water partition coefficient (Wildman–Crippen LogP) is 0.719. The lowest BCUT2D eigenvalue weighted by atomic mass is 10.0. The third-order valence-electron chi connectivity index (χ3n) is 2.74. The van der Waals surface area contributed by atoms with Crippen molar-refractivity contribution >= 4 is 15.7 Å². The largest absolute Gasteiger partial charge is 0.398 e. The van der Waals surface area contributed by atoms with Crippen molar-refractivity contribution in [3.05, 3.63) is 36.2 Å². The lowest BCUT2D eigenvalue weighted by Gasteiger charge is -2.11. The van der Waals surface area contributed by atoms with Gasteiger partial charge in [-0.15, -0.1) is 0 Å². The fourth-order valence-corrected chi connectivity index (χ4v) is 2.24. The van der Waals surface area contributed by atoms with E-state index < -0.39 is 10.0 Å². The molecule has 0 amide bonds. The summed E-state index contributed by atoms with van der Waals surface area (Å²) in [5.41, 5.74) is 9.02. The molecule has 0 spiro atoms. The monoisotopic (exact) mass is 280 g/mol. The molecule has 102 valence electrons. The highest BCUT2D eigenvalue weighted by atomic mass is 32.2. The molecule has 19 heavy (non-hydrogen) atoms. The molecule has 6 nitrogen and oxygen atoms in total. The van der Waals surface area contributed by atoms with Gasteiger partial charge in [0.2, 0.25) is 10.0 Å². The van der Waals surface area contributed by atoms with Crippen molar-refractivity contribution in [2.24, 2.45) is 7.05 Å². The molecule has 0 unspecified atom stereocenters. The maximum absolute atomic E-state index is 11.2. The van der Waals surface area contributed by atoms with Crippen LogP contribution in [0.5, 0.6) is 0 Å². The first-order valence-electron chi connectivity index (χ1n) is 5.68. The van der Waals surface area contributed by atoms with Crippen LogP contribution in [-0.4, -0.2) is 24.5 Å². The zero-order chi connectivity index (χ0) is 14.0. The SMILES string of the molecule is Cn1cc(-c2cccc(N)c2CNS(C)(=O)=O)cn1. The van der Waals surface area contributed by atoms with E-state index in [0.29, 0.717) is 5.69 Å². The lowest BCUT2D eigenvalue weighted by Crippen LogP contribution is -2.22.